The summed E-state index contributed by atoms with van der Waals surface area (Å²) in [5, 5.41) is 3.61. The molecule has 0 bridgehead atoms. The van der Waals surface area contributed by atoms with E-state index in [1.54, 1.807) is 0 Å². The fourth-order valence-electron chi connectivity index (χ4n) is 3.77. The van der Waals surface area contributed by atoms with E-state index in [1.165, 1.54) is 51.4 Å². The molecule has 0 aromatic heterocycles. The molecule has 1 unspecified atom stereocenters. The smallest absolute Gasteiger partial charge is 0.234 e. The van der Waals surface area contributed by atoms with Crippen LogP contribution < -0.4 is 11.1 Å². The lowest BCUT2D eigenvalue weighted by Crippen LogP contribution is -2.51. The molecule has 3 nitrogen and oxygen atoms in total. The Hall–Kier alpha value is -0.570. The average Bonchev–Trinajstić information content (AvgIpc) is 2.65. The van der Waals surface area contributed by atoms with E-state index in [0.29, 0.717) is 12.0 Å². The molecule has 2 aliphatic carbocycles. The number of nitrogens with one attached hydrogen (secondary N) is 1. The minimum Gasteiger partial charge on any atom is -0.368 e. The Morgan fingerprint density at radius 2 is 1.58 bits per heavy atom. The van der Waals surface area contributed by atoms with E-state index in [2.05, 4.69) is 12.2 Å². The molecule has 0 radical (unpaired) electrons. The zero-order chi connectivity index (χ0) is 13.7. The Labute approximate surface area is 117 Å². The van der Waals surface area contributed by atoms with Crippen molar-refractivity contribution in [2.45, 2.75) is 83.2 Å². The van der Waals surface area contributed by atoms with Gasteiger partial charge in [-0.25, -0.2) is 0 Å². The molecule has 1 amide bonds. The number of carbonyl (C=O) groups excluding carboxylic acids is 1. The predicted molar refractivity (Wildman–Crippen MR) is 78.7 cm³/mol. The van der Waals surface area contributed by atoms with Crippen molar-refractivity contribution in [2.24, 2.45) is 17.6 Å². The number of primary amides is 1. The van der Waals surface area contributed by atoms with E-state index in [9.17, 15) is 4.79 Å². The topological polar surface area (TPSA) is 55.1 Å². The Balaban J connectivity index is 1.89. The van der Waals surface area contributed by atoms with Gasteiger partial charge in [0.15, 0.2) is 0 Å². The SMILES string of the molecule is CC1CCC(C(NC2CCCCCC2)C(N)=O)CC1. The van der Waals surface area contributed by atoms with Gasteiger partial charge in [0.05, 0.1) is 6.04 Å². The third-order valence-corrected chi connectivity index (χ3v) is 5.11. The summed E-state index contributed by atoms with van der Waals surface area (Å²) in [6, 6.07) is 0.426. The molecule has 0 aromatic carbocycles. The van der Waals surface area contributed by atoms with Crippen molar-refractivity contribution in [3.8, 4) is 0 Å². The number of rotatable bonds is 4. The zero-order valence-electron chi connectivity index (χ0n) is 12.4. The summed E-state index contributed by atoms with van der Waals surface area (Å²) in [4.78, 5) is 11.8. The van der Waals surface area contributed by atoms with Gasteiger partial charge in [0.25, 0.3) is 0 Å². The van der Waals surface area contributed by atoms with E-state index in [1.807, 2.05) is 0 Å². The molecule has 110 valence electrons. The number of hydrogen-bond acceptors (Lipinski definition) is 2. The fourth-order valence-corrected chi connectivity index (χ4v) is 3.77. The third kappa shape index (κ3) is 4.48. The second-order valence-electron chi connectivity index (χ2n) is 6.76. The third-order valence-electron chi connectivity index (χ3n) is 5.11. The first kappa shape index (κ1) is 14.8. The van der Waals surface area contributed by atoms with Crippen LogP contribution in [0.4, 0.5) is 0 Å². The molecule has 0 aliphatic heterocycles. The van der Waals surface area contributed by atoms with Crippen LogP contribution in [0.15, 0.2) is 0 Å². The van der Waals surface area contributed by atoms with E-state index < -0.39 is 0 Å². The summed E-state index contributed by atoms with van der Waals surface area (Å²) in [7, 11) is 0. The summed E-state index contributed by atoms with van der Waals surface area (Å²) < 4.78 is 0. The van der Waals surface area contributed by atoms with Crippen molar-refractivity contribution in [3.05, 3.63) is 0 Å². The second-order valence-corrected chi connectivity index (χ2v) is 6.76. The molecule has 0 heterocycles. The monoisotopic (exact) mass is 266 g/mol. The maximum atomic E-state index is 11.8. The molecule has 3 heteroatoms. The Morgan fingerprint density at radius 3 is 2.11 bits per heavy atom. The normalized spacial score (nSPS) is 31.6. The molecule has 2 saturated carbocycles. The molecule has 19 heavy (non-hydrogen) atoms. The highest BCUT2D eigenvalue weighted by Crippen LogP contribution is 2.31. The lowest BCUT2D eigenvalue weighted by molar-refractivity contribution is -0.122. The highest BCUT2D eigenvalue weighted by Gasteiger charge is 2.31. The van der Waals surface area contributed by atoms with Gasteiger partial charge in [0, 0.05) is 6.04 Å². The van der Waals surface area contributed by atoms with E-state index in [-0.39, 0.29) is 11.9 Å². The quantitative estimate of drug-likeness (QED) is 0.769. The van der Waals surface area contributed by atoms with Gasteiger partial charge in [0.1, 0.15) is 0 Å². The maximum absolute atomic E-state index is 11.8. The van der Waals surface area contributed by atoms with Crippen LogP contribution in [0.1, 0.15) is 71.1 Å². The molecule has 3 N–H and O–H groups in total. The van der Waals surface area contributed by atoms with Gasteiger partial charge in [-0.2, -0.15) is 0 Å². The highest BCUT2D eigenvalue weighted by atomic mass is 16.1. The Kier molecular flexibility index (Phi) is 5.68. The van der Waals surface area contributed by atoms with Gasteiger partial charge >= 0.3 is 0 Å². The molecular formula is C16H30N2O. The van der Waals surface area contributed by atoms with Gasteiger partial charge in [-0.15, -0.1) is 0 Å². The summed E-state index contributed by atoms with van der Waals surface area (Å²) in [5.41, 5.74) is 5.66. The molecule has 0 spiro atoms. The second kappa shape index (κ2) is 7.28. The first-order chi connectivity index (χ1) is 9.16. The lowest BCUT2D eigenvalue weighted by Gasteiger charge is -2.33. The van der Waals surface area contributed by atoms with E-state index >= 15 is 0 Å². The van der Waals surface area contributed by atoms with E-state index in [0.717, 1.165) is 18.8 Å². The standard InChI is InChI=1S/C16H30N2O/c1-12-8-10-13(11-9-12)15(16(17)19)18-14-6-4-2-3-5-7-14/h12-15,18H,2-11H2,1H3,(H2,17,19). The Bertz CT molecular complexity index is 276. The van der Waals surface area contributed by atoms with Crippen molar-refractivity contribution in [3.63, 3.8) is 0 Å². The van der Waals surface area contributed by atoms with E-state index in [4.69, 9.17) is 5.73 Å². The van der Waals surface area contributed by atoms with Gasteiger partial charge in [-0.05, 0) is 37.5 Å². The first-order valence-electron chi connectivity index (χ1n) is 8.22. The van der Waals surface area contributed by atoms with Crippen LogP contribution in [0.5, 0.6) is 0 Å². The zero-order valence-corrected chi connectivity index (χ0v) is 12.4. The van der Waals surface area contributed by atoms with Gasteiger partial charge in [-0.3, -0.25) is 4.79 Å². The van der Waals surface area contributed by atoms with Crippen molar-refractivity contribution in [1.82, 2.24) is 5.32 Å². The minimum atomic E-state index is -0.135. The van der Waals surface area contributed by atoms with Crippen LogP contribution in [0, 0.1) is 11.8 Å². The summed E-state index contributed by atoms with van der Waals surface area (Å²) >= 11 is 0. The van der Waals surface area contributed by atoms with Crippen LogP contribution >= 0.6 is 0 Å². The summed E-state index contributed by atoms with van der Waals surface area (Å²) in [5.74, 6) is 1.16. The van der Waals surface area contributed by atoms with Crippen molar-refractivity contribution in [2.75, 3.05) is 0 Å². The minimum absolute atomic E-state index is 0.0874. The first-order valence-corrected chi connectivity index (χ1v) is 8.22. The van der Waals surface area contributed by atoms with Crippen LogP contribution in [0.25, 0.3) is 0 Å². The van der Waals surface area contributed by atoms with Gasteiger partial charge in [0.2, 0.25) is 5.91 Å². The molecule has 1 atom stereocenters. The van der Waals surface area contributed by atoms with Gasteiger partial charge in [-0.1, -0.05) is 45.4 Å². The van der Waals surface area contributed by atoms with Crippen LogP contribution in [-0.2, 0) is 4.79 Å². The van der Waals surface area contributed by atoms with Crippen LogP contribution in [0.2, 0.25) is 0 Å². The Morgan fingerprint density at radius 1 is 1.00 bits per heavy atom. The van der Waals surface area contributed by atoms with Crippen molar-refractivity contribution < 1.29 is 4.79 Å². The number of nitrogens with two attached hydrogens (primary N) is 1. The number of amides is 1. The molecule has 0 saturated heterocycles. The largest absolute Gasteiger partial charge is 0.368 e. The predicted octanol–water partition coefficient (Wildman–Crippen LogP) is 2.98. The van der Waals surface area contributed by atoms with Crippen molar-refractivity contribution in [1.29, 1.82) is 0 Å². The maximum Gasteiger partial charge on any atom is 0.234 e. The molecule has 2 rings (SSSR count). The fraction of sp³-hybridized carbons (Fsp3) is 0.938. The summed E-state index contributed by atoms with van der Waals surface area (Å²) in [6.45, 7) is 2.31. The van der Waals surface area contributed by atoms with Gasteiger partial charge < -0.3 is 11.1 Å². The average molecular weight is 266 g/mol. The lowest BCUT2D eigenvalue weighted by atomic mass is 9.78. The number of carbonyl (C=O) groups is 1. The van der Waals surface area contributed by atoms with Crippen molar-refractivity contribution >= 4 is 5.91 Å². The van der Waals surface area contributed by atoms with Crippen LogP contribution in [0.3, 0.4) is 0 Å². The summed E-state index contributed by atoms with van der Waals surface area (Å²) in [6.07, 6.45) is 12.5. The number of hydrogen-bond donors (Lipinski definition) is 2. The van der Waals surface area contributed by atoms with Crippen LogP contribution in [-0.4, -0.2) is 18.0 Å². The molecule has 2 aliphatic rings. The molecular weight excluding hydrogens is 236 g/mol. The molecule has 2 fully saturated rings. The molecule has 0 aromatic rings. The highest BCUT2D eigenvalue weighted by molar-refractivity contribution is 5.80.